The summed E-state index contributed by atoms with van der Waals surface area (Å²) < 4.78 is 5.34. The maximum Gasteiger partial charge on any atom is 0.310 e. The number of nitrogens with one attached hydrogen (secondary N) is 1. The second-order valence-corrected chi connectivity index (χ2v) is 5.54. The number of esters is 1. The molecule has 1 atom stereocenters. The largest absolute Gasteiger partial charge is 0.458 e. The van der Waals surface area contributed by atoms with Crippen LogP contribution in [0.2, 0.25) is 0 Å². The van der Waals surface area contributed by atoms with Crippen molar-refractivity contribution in [1.82, 2.24) is 0 Å². The van der Waals surface area contributed by atoms with E-state index in [4.69, 9.17) is 4.74 Å². The van der Waals surface area contributed by atoms with Crippen molar-refractivity contribution in [3.63, 3.8) is 0 Å². The van der Waals surface area contributed by atoms with Crippen LogP contribution in [0.1, 0.15) is 31.1 Å². The lowest BCUT2D eigenvalue weighted by atomic mass is 10.1. The molecule has 0 aromatic heterocycles. The summed E-state index contributed by atoms with van der Waals surface area (Å²) in [6, 6.07) is 12.9. The van der Waals surface area contributed by atoms with Gasteiger partial charge in [-0.2, -0.15) is 0 Å². The van der Waals surface area contributed by atoms with Crippen molar-refractivity contribution in [2.45, 2.75) is 26.4 Å². The lowest BCUT2D eigenvalue weighted by molar-refractivity contribution is -0.385. The summed E-state index contributed by atoms with van der Waals surface area (Å²) in [6.07, 6.45) is -0.523. The average Bonchev–Trinajstić information content (AvgIpc) is 2.56. The average molecular weight is 342 g/mol. The summed E-state index contributed by atoms with van der Waals surface area (Å²) in [6.45, 7) is 3.08. The van der Waals surface area contributed by atoms with Gasteiger partial charge in [0, 0.05) is 24.7 Å². The Balaban J connectivity index is 1.96. The summed E-state index contributed by atoms with van der Waals surface area (Å²) in [5.74, 6) is -0.607. The number of carbonyl (C=O) groups excluding carboxylic acids is 2. The second kappa shape index (κ2) is 8.05. The molecule has 0 unspecified atom stereocenters. The van der Waals surface area contributed by atoms with Gasteiger partial charge in [-0.15, -0.1) is 0 Å². The Kier molecular flexibility index (Phi) is 5.84. The van der Waals surface area contributed by atoms with E-state index < -0.39 is 17.0 Å². The van der Waals surface area contributed by atoms with Crippen LogP contribution in [0.15, 0.2) is 48.5 Å². The molecule has 130 valence electrons. The molecule has 2 rings (SSSR count). The van der Waals surface area contributed by atoms with Gasteiger partial charge < -0.3 is 10.1 Å². The van der Waals surface area contributed by atoms with Gasteiger partial charge >= 0.3 is 5.97 Å². The van der Waals surface area contributed by atoms with Gasteiger partial charge in [0.1, 0.15) is 6.10 Å². The molecule has 2 aromatic rings. The number of nitro groups is 1. The normalized spacial score (nSPS) is 11.4. The first-order valence-electron chi connectivity index (χ1n) is 7.65. The second-order valence-electron chi connectivity index (χ2n) is 5.54. The fourth-order valence-electron chi connectivity index (χ4n) is 2.27. The molecule has 7 heteroatoms. The standard InChI is InChI=1S/C18H18N2O5/c1-12(15-4-3-5-17(11-15)20(23)24)25-18(22)10-14-6-8-16(9-7-14)19-13(2)21/h3-9,11-12H,10H2,1-2H3,(H,19,21)/t12-/m0/s1. The minimum absolute atomic E-state index is 0.0473. The van der Waals surface area contributed by atoms with Gasteiger partial charge in [0.2, 0.25) is 5.91 Å². The Morgan fingerprint density at radius 2 is 1.88 bits per heavy atom. The first kappa shape index (κ1) is 18.1. The van der Waals surface area contributed by atoms with Crippen LogP contribution in [-0.4, -0.2) is 16.8 Å². The van der Waals surface area contributed by atoms with E-state index in [9.17, 15) is 19.7 Å². The lowest BCUT2D eigenvalue weighted by Crippen LogP contribution is -2.12. The van der Waals surface area contributed by atoms with Crippen LogP contribution in [-0.2, 0) is 20.7 Å². The topological polar surface area (TPSA) is 98.5 Å². The smallest absolute Gasteiger partial charge is 0.310 e. The zero-order valence-corrected chi connectivity index (χ0v) is 13.9. The van der Waals surface area contributed by atoms with Crippen LogP contribution in [0.4, 0.5) is 11.4 Å². The van der Waals surface area contributed by atoms with Gasteiger partial charge in [0.05, 0.1) is 11.3 Å². The van der Waals surface area contributed by atoms with Gasteiger partial charge in [0.25, 0.3) is 5.69 Å². The molecular weight excluding hydrogens is 324 g/mol. The summed E-state index contributed by atoms with van der Waals surface area (Å²) in [4.78, 5) is 33.3. The van der Waals surface area contributed by atoms with Crippen molar-refractivity contribution in [2.75, 3.05) is 5.32 Å². The minimum atomic E-state index is -0.592. The van der Waals surface area contributed by atoms with E-state index in [1.807, 2.05) is 0 Å². The molecule has 0 spiro atoms. The monoisotopic (exact) mass is 342 g/mol. The van der Waals surface area contributed by atoms with Crippen LogP contribution >= 0.6 is 0 Å². The number of amides is 1. The highest BCUT2D eigenvalue weighted by atomic mass is 16.6. The summed E-state index contributed by atoms with van der Waals surface area (Å²) >= 11 is 0. The van der Waals surface area contributed by atoms with Gasteiger partial charge in [0.15, 0.2) is 0 Å². The number of rotatable bonds is 6. The highest BCUT2D eigenvalue weighted by Gasteiger charge is 2.15. The number of anilines is 1. The number of nitro benzene ring substituents is 1. The zero-order valence-electron chi connectivity index (χ0n) is 13.9. The molecule has 2 aromatic carbocycles. The van der Waals surface area contributed by atoms with Gasteiger partial charge in [-0.05, 0) is 30.2 Å². The molecule has 0 aliphatic heterocycles. The molecular formula is C18H18N2O5. The van der Waals surface area contributed by atoms with E-state index in [0.717, 1.165) is 5.56 Å². The zero-order chi connectivity index (χ0) is 18.4. The first-order valence-corrected chi connectivity index (χ1v) is 7.65. The molecule has 0 radical (unpaired) electrons. The predicted octanol–water partition coefficient (Wildman–Crippen LogP) is 3.40. The number of nitrogens with zero attached hydrogens (tertiary/aromatic N) is 1. The number of non-ortho nitro benzene ring substituents is 1. The van der Waals surface area contributed by atoms with E-state index in [1.54, 1.807) is 43.3 Å². The Hall–Kier alpha value is -3.22. The molecule has 1 amide bonds. The molecule has 0 saturated carbocycles. The van der Waals surface area contributed by atoms with Crippen molar-refractivity contribution < 1.29 is 19.2 Å². The highest BCUT2D eigenvalue weighted by molar-refractivity contribution is 5.88. The van der Waals surface area contributed by atoms with Crippen LogP contribution in [0, 0.1) is 10.1 Å². The Labute approximate surface area is 144 Å². The number of carbonyl (C=O) groups is 2. The molecule has 0 bridgehead atoms. The van der Waals surface area contributed by atoms with E-state index in [1.165, 1.54) is 19.1 Å². The highest BCUT2D eigenvalue weighted by Crippen LogP contribution is 2.22. The Morgan fingerprint density at radius 3 is 2.48 bits per heavy atom. The van der Waals surface area contributed by atoms with Gasteiger partial charge in [-0.1, -0.05) is 24.3 Å². The van der Waals surface area contributed by atoms with Gasteiger partial charge in [-0.3, -0.25) is 19.7 Å². The summed E-state index contributed by atoms with van der Waals surface area (Å²) in [7, 11) is 0. The third-order valence-electron chi connectivity index (χ3n) is 3.48. The maximum absolute atomic E-state index is 12.1. The van der Waals surface area contributed by atoms with Crippen LogP contribution in [0.3, 0.4) is 0 Å². The van der Waals surface area contributed by atoms with E-state index in [0.29, 0.717) is 11.3 Å². The number of benzene rings is 2. The fraction of sp³-hybridized carbons (Fsp3) is 0.222. The molecule has 7 nitrogen and oxygen atoms in total. The third-order valence-corrected chi connectivity index (χ3v) is 3.48. The summed E-state index contributed by atoms with van der Waals surface area (Å²) in [5, 5.41) is 13.4. The van der Waals surface area contributed by atoms with Crippen molar-refractivity contribution in [3.05, 3.63) is 69.8 Å². The van der Waals surface area contributed by atoms with Crippen LogP contribution in [0.5, 0.6) is 0 Å². The van der Waals surface area contributed by atoms with E-state index >= 15 is 0 Å². The quantitative estimate of drug-likeness (QED) is 0.493. The molecule has 0 fully saturated rings. The Morgan fingerprint density at radius 1 is 1.20 bits per heavy atom. The van der Waals surface area contributed by atoms with E-state index in [2.05, 4.69) is 5.32 Å². The molecule has 0 aliphatic rings. The van der Waals surface area contributed by atoms with Crippen LogP contribution < -0.4 is 5.32 Å². The van der Waals surface area contributed by atoms with E-state index in [-0.39, 0.29) is 18.0 Å². The molecule has 25 heavy (non-hydrogen) atoms. The maximum atomic E-state index is 12.1. The number of hydrogen-bond donors (Lipinski definition) is 1. The molecule has 0 heterocycles. The van der Waals surface area contributed by atoms with Crippen molar-refractivity contribution >= 4 is 23.3 Å². The molecule has 0 saturated heterocycles. The molecule has 1 N–H and O–H groups in total. The van der Waals surface area contributed by atoms with Crippen molar-refractivity contribution in [3.8, 4) is 0 Å². The van der Waals surface area contributed by atoms with Crippen molar-refractivity contribution in [2.24, 2.45) is 0 Å². The van der Waals surface area contributed by atoms with Gasteiger partial charge in [-0.25, -0.2) is 0 Å². The minimum Gasteiger partial charge on any atom is -0.458 e. The predicted molar refractivity (Wildman–Crippen MR) is 92.1 cm³/mol. The number of ether oxygens (including phenoxy) is 1. The summed E-state index contributed by atoms with van der Waals surface area (Å²) in [5.41, 5.74) is 1.90. The van der Waals surface area contributed by atoms with Crippen molar-refractivity contribution in [1.29, 1.82) is 0 Å². The number of hydrogen-bond acceptors (Lipinski definition) is 5. The lowest BCUT2D eigenvalue weighted by Gasteiger charge is -2.13. The fourth-order valence-corrected chi connectivity index (χ4v) is 2.27. The Bertz CT molecular complexity index is 786. The SMILES string of the molecule is CC(=O)Nc1ccc(CC(=O)O[C@@H](C)c2cccc([N+](=O)[O-])c2)cc1. The third kappa shape index (κ3) is 5.42. The van der Waals surface area contributed by atoms with Crippen LogP contribution in [0.25, 0.3) is 0 Å². The first-order chi connectivity index (χ1) is 11.8. The molecule has 0 aliphatic carbocycles.